The molecule has 0 radical (unpaired) electrons. The van der Waals surface area contributed by atoms with E-state index in [0.717, 1.165) is 6.42 Å². The first-order chi connectivity index (χ1) is 16.1. The van der Waals surface area contributed by atoms with Crippen molar-refractivity contribution in [2.45, 2.75) is 97.0 Å². The molecule has 6 N–H and O–H groups in total. The predicted octanol–water partition coefficient (Wildman–Crippen LogP) is 3.14. The summed E-state index contributed by atoms with van der Waals surface area (Å²) in [4.78, 5) is 0. The van der Waals surface area contributed by atoms with Gasteiger partial charge in [-0.2, -0.15) is 0 Å². The lowest BCUT2D eigenvalue weighted by Crippen LogP contribution is -2.52. The van der Waals surface area contributed by atoms with E-state index in [2.05, 4.69) is 11.1 Å². The van der Waals surface area contributed by atoms with Crippen LogP contribution >= 0.6 is 0 Å². The van der Waals surface area contributed by atoms with Crippen molar-refractivity contribution in [1.29, 1.82) is 0 Å². The smallest absolute Gasteiger partial charge is 0.217 e. The highest BCUT2D eigenvalue weighted by atomic mass is 32.3. The molecule has 0 amide bonds. The molecule has 0 rings (SSSR count). The van der Waals surface area contributed by atoms with Gasteiger partial charge in [-0.15, -0.1) is 0 Å². The molecule has 0 aromatic rings. The van der Waals surface area contributed by atoms with E-state index in [0.29, 0.717) is 37.3 Å². The maximum atomic E-state index is 10.1. The van der Waals surface area contributed by atoms with E-state index < -0.39 is 16.5 Å². The van der Waals surface area contributed by atoms with Crippen molar-refractivity contribution in [2.24, 2.45) is 0 Å². The second-order valence-corrected chi connectivity index (χ2v) is 10.2. The molecular formula is C24H56N2O8S. The molecule has 0 aliphatic heterocycles. The molecule has 216 valence electrons. The monoisotopic (exact) mass is 532 g/mol. The van der Waals surface area contributed by atoms with Crippen LogP contribution in [0.3, 0.4) is 0 Å². The fraction of sp³-hybridized carbons (Fsp3) is 1.00. The van der Waals surface area contributed by atoms with Gasteiger partial charge in [0.15, 0.2) is 0 Å². The summed E-state index contributed by atoms with van der Waals surface area (Å²) in [6, 6.07) is 0. The number of likely N-dealkylation sites (N-methyl/N-ethyl adjacent to an activating group) is 1. The Hall–Kier alpha value is -0.370. The van der Waals surface area contributed by atoms with Gasteiger partial charge in [0, 0.05) is 6.61 Å². The van der Waals surface area contributed by atoms with Gasteiger partial charge in [-0.05, 0) is 13.3 Å². The summed E-state index contributed by atoms with van der Waals surface area (Å²) in [5.41, 5.74) is 0. The van der Waals surface area contributed by atoms with Crippen molar-refractivity contribution < 1.29 is 41.7 Å². The largest absolute Gasteiger partial charge is 0.726 e. The van der Waals surface area contributed by atoms with Gasteiger partial charge in [-0.3, -0.25) is 4.18 Å². The van der Waals surface area contributed by atoms with Crippen LogP contribution in [0.15, 0.2) is 0 Å². The molecule has 1 unspecified atom stereocenters. The molecular weight excluding hydrogens is 476 g/mol. The van der Waals surface area contributed by atoms with Crippen molar-refractivity contribution in [2.75, 3.05) is 59.7 Å². The van der Waals surface area contributed by atoms with Crippen LogP contribution in [-0.2, 0) is 19.3 Å². The summed E-state index contributed by atoms with van der Waals surface area (Å²) in [7, 11) is -2.48. The molecule has 0 bridgehead atoms. The minimum atomic E-state index is -4.42. The van der Waals surface area contributed by atoms with Crippen LogP contribution in [0.2, 0.25) is 0 Å². The fourth-order valence-electron chi connectivity index (χ4n) is 3.75. The molecule has 11 heteroatoms. The van der Waals surface area contributed by atoms with Gasteiger partial charge in [0.1, 0.15) is 25.7 Å². The molecule has 0 aliphatic carbocycles. The Kier molecular flexibility index (Phi) is 29.8. The fourth-order valence-corrected chi connectivity index (χ4v) is 4.04. The lowest BCUT2D eigenvalue weighted by Gasteiger charge is -2.35. The summed E-state index contributed by atoms with van der Waals surface area (Å²) < 4.78 is 38.1. The third-order valence-corrected chi connectivity index (χ3v) is 6.17. The van der Waals surface area contributed by atoms with Crippen molar-refractivity contribution in [3.05, 3.63) is 0 Å². The highest BCUT2D eigenvalue weighted by Crippen LogP contribution is 2.12. The molecule has 0 aromatic carbocycles. The van der Waals surface area contributed by atoms with E-state index in [1.807, 2.05) is 7.05 Å². The first-order valence-electron chi connectivity index (χ1n) is 13.0. The topological polar surface area (TPSA) is 171 Å². The zero-order valence-electron chi connectivity index (χ0n) is 22.7. The minimum Gasteiger partial charge on any atom is -0.726 e. The van der Waals surface area contributed by atoms with Crippen molar-refractivity contribution in [3.63, 3.8) is 0 Å². The van der Waals surface area contributed by atoms with E-state index in [-0.39, 0.29) is 26.0 Å². The summed E-state index contributed by atoms with van der Waals surface area (Å²) >= 11 is 0. The first kappa shape index (κ1) is 39.1. The number of hydrogen-bond acceptors (Lipinski definition) is 9. The number of aliphatic hydroxyl groups is 3. The third kappa shape index (κ3) is 31.6. The van der Waals surface area contributed by atoms with E-state index in [1.54, 1.807) is 0 Å². The molecule has 0 aromatic heterocycles. The number of nitrogens with zero attached hydrogens (tertiary/aromatic N) is 1. The van der Waals surface area contributed by atoms with Crippen LogP contribution in [0.4, 0.5) is 0 Å². The normalized spacial score (nSPS) is 12.5. The van der Waals surface area contributed by atoms with E-state index in [1.165, 1.54) is 77.6 Å². The predicted molar refractivity (Wildman–Crippen MR) is 139 cm³/mol. The molecule has 0 saturated heterocycles. The van der Waals surface area contributed by atoms with Gasteiger partial charge in [0.2, 0.25) is 10.4 Å². The van der Waals surface area contributed by atoms with E-state index in [9.17, 15) is 18.1 Å². The Morgan fingerprint density at radius 3 is 1.60 bits per heavy atom. The zero-order valence-corrected chi connectivity index (χ0v) is 23.5. The third-order valence-electron chi connectivity index (χ3n) is 5.65. The van der Waals surface area contributed by atoms with Crippen molar-refractivity contribution in [3.8, 4) is 0 Å². The first-order valence-corrected chi connectivity index (χ1v) is 14.4. The van der Waals surface area contributed by atoms with Gasteiger partial charge in [0.25, 0.3) is 0 Å². The standard InChI is InChI=1S/C22H48NO4.C2H6O4S.H3N/c1-3-4-5-6-7-8-9-10-11-12-13-14-19-27-21-22(26)20-23(2,15-17-24)16-18-25;1-2-6-7(3,4)5;/h22,24-26H,3-21H2,1-2H3;2H2,1H3,(H,3,4,5);1H3/q+1;;/p-1. The Labute approximate surface area is 215 Å². The lowest BCUT2D eigenvalue weighted by molar-refractivity contribution is -0.913. The molecule has 0 saturated carbocycles. The molecule has 0 aliphatic rings. The van der Waals surface area contributed by atoms with Crippen molar-refractivity contribution in [1.82, 2.24) is 6.15 Å². The quantitative estimate of drug-likeness (QED) is 0.0667. The molecule has 0 fully saturated rings. The van der Waals surface area contributed by atoms with Gasteiger partial charge in [0.05, 0.1) is 33.5 Å². The lowest BCUT2D eigenvalue weighted by atomic mass is 10.1. The number of rotatable bonds is 23. The molecule has 0 spiro atoms. The number of ether oxygens (including phenoxy) is 1. The maximum absolute atomic E-state index is 10.1. The molecule has 35 heavy (non-hydrogen) atoms. The average Bonchev–Trinajstić information content (AvgIpc) is 2.73. The van der Waals surface area contributed by atoms with Crippen LogP contribution in [0, 0.1) is 0 Å². The van der Waals surface area contributed by atoms with E-state index >= 15 is 0 Å². The number of quaternary nitrogens is 1. The SMILES string of the molecule is CCCCCCCCCCCCCCOCC(O)C[N+](C)(CCO)CCO.CCOS(=O)(=O)[O-].N. The second-order valence-electron chi connectivity index (χ2n) is 9.13. The summed E-state index contributed by atoms with van der Waals surface area (Å²) in [5, 5.41) is 28.4. The van der Waals surface area contributed by atoms with Crippen molar-refractivity contribution >= 4 is 10.4 Å². The van der Waals surface area contributed by atoms with Crippen LogP contribution < -0.4 is 6.15 Å². The van der Waals surface area contributed by atoms with Gasteiger partial charge >= 0.3 is 0 Å². The van der Waals surface area contributed by atoms with Gasteiger partial charge in [-0.25, -0.2) is 8.42 Å². The second kappa shape index (κ2) is 26.7. The minimum absolute atomic E-state index is 0. The Morgan fingerprint density at radius 1 is 0.829 bits per heavy atom. The van der Waals surface area contributed by atoms with Crippen LogP contribution in [0.25, 0.3) is 0 Å². The highest BCUT2D eigenvalue weighted by molar-refractivity contribution is 7.80. The van der Waals surface area contributed by atoms with Gasteiger partial charge < -0.3 is 35.2 Å². The molecule has 0 heterocycles. The van der Waals surface area contributed by atoms with Crippen LogP contribution in [0.5, 0.6) is 0 Å². The number of aliphatic hydroxyl groups excluding tert-OH is 3. The zero-order chi connectivity index (χ0) is 26.1. The number of unbranched alkanes of at least 4 members (excludes halogenated alkanes) is 11. The van der Waals surface area contributed by atoms with Crippen LogP contribution in [0.1, 0.15) is 90.9 Å². The van der Waals surface area contributed by atoms with Gasteiger partial charge in [-0.1, -0.05) is 77.6 Å². The highest BCUT2D eigenvalue weighted by Gasteiger charge is 2.24. The van der Waals surface area contributed by atoms with E-state index in [4.69, 9.17) is 14.9 Å². The Bertz CT molecular complexity index is 518. The summed E-state index contributed by atoms with van der Waals surface area (Å²) in [5.74, 6) is 0. The summed E-state index contributed by atoms with van der Waals surface area (Å²) in [6.45, 7) is 6.33. The maximum Gasteiger partial charge on any atom is 0.217 e. The Morgan fingerprint density at radius 2 is 1.26 bits per heavy atom. The summed E-state index contributed by atoms with van der Waals surface area (Å²) in [6.07, 6.45) is 15.4. The molecule has 1 atom stereocenters. The number of hydrogen-bond donors (Lipinski definition) is 4. The van der Waals surface area contributed by atoms with Crippen LogP contribution in [-0.4, -0.2) is 98.6 Å². The Balaban J connectivity index is -0.00000111. The average molecular weight is 533 g/mol. The molecule has 10 nitrogen and oxygen atoms in total.